The number of rotatable bonds is 6. The Morgan fingerprint density at radius 1 is 1.38 bits per heavy atom. The number of nitriles is 1. The molecule has 0 aliphatic heterocycles. The second-order valence-electron chi connectivity index (χ2n) is 3.67. The first-order valence-electron chi connectivity index (χ1n) is 5.27. The van der Waals surface area contributed by atoms with E-state index in [2.05, 4.69) is 6.07 Å². The minimum atomic E-state index is -0.288. The highest BCUT2D eigenvalue weighted by molar-refractivity contribution is 5.19. The number of hydrogen-bond acceptors (Lipinski definition) is 3. The van der Waals surface area contributed by atoms with Gasteiger partial charge in [-0.05, 0) is 18.4 Å². The highest BCUT2D eigenvalue weighted by atomic mass is 16.6. The summed E-state index contributed by atoms with van der Waals surface area (Å²) in [6.45, 7) is -0.0601. The lowest BCUT2D eigenvalue weighted by Gasteiger charge is -2.11. The summed E-state index contributed by atoms with van der Waals surface area (Å²) in [5.41, 5.74) is 0.983. The Morgan fingerprint density at radius 2 is 2.06 bits per heavy atom. The molecule has 0 heterocycles. The van der Waals surface area contributed by atoms with Gasteiger partial charge >= 0.3 is 0 Å². The maximum atomic E-state index is 10.6. The molecule has 0 bridgehead atoms. The van der Waals surface area contributed by atoms with Crippen LogP contribution in [0.2, 0.25) is 0 Å². The third-order valence-electron chi connectivity index (χ3n) is 2.48. The van der Waals surface area contributed by atoms with Crippen molar-refractivity contribution in [1.82, 2.24) is 0 Å². The Kier molecular flexibility index (Phi) is 5.00. The van der Waals surface area contributed by atoms with Crippen LogP contribution in [0, 0.1) is 21.4 Å². The van der Waals surface area contributed by atoms with Crippen molar-refractivity contribution >= 4 is 0 Å². The maximum absolute atomic E-state index is 10.6. The molecule has 1 rings (SSSR count). The predicted molar refractivity (Wildman–Crippen MR) is 60.5 cm³/mol. The first-order chi connectivity index (χ1) is 7.74. The molecule has 0 spiro atoms. The summed E-state index contributed by atoms with van der Waals surface area (Å²) >= 11 is 0. The van der Waals surface area contributed by atoms with E-state index in [9.17, 15) is 10.1 Å². The van der Waals surface area contributed by atoms with Crippen molar-refractivity contribution in [2.24, 2.45) is 0 Å². The second-order valence-corrected chi connectivity index (χ2v) is 3.67. The Bertz CT molecular complexity index is 370. The van der Waals surface area contributed by atoms with E-state index in [1.54, 1.807) is 0 Å². The van der Waals surface area contributed by atoms with E-state index in [1.807, 2.05) is 30.3 Å². The fraction of sp³-hybridized carbons (Fsp3) is 0.417. The molecule has 1 aromatic carbocycles. The van der Waals surface area contributed by atoms with Gasteiger partial charge in [-0.25, -0.2) is 0 Å². The molecule has 0 saturated heterocycles. The molecule has 0 aliphatic rings. The van der Waals surface area contributed by atoms with Gasteiger partial charge in [-0.3, -0.25) is 10.1 Å². The monoisotopic (exact) mass is 218 g/mol. The van der Waals surface area contributed by atoms with Crippen LogP contribution in [0.15, 0.2) is 30.3 Å². The first kappa shape index (κ1) is 12.2. The third-order valence-corrected chi connectivity index (χ3v) is 2.48. The van der Waals surface area contributed by atoms with Gasteiger partial charge in [0, 0.05) is 17.3 Å². The maximum Gasteiger partial charge on any atom is 0.210 e. The Labute approximate surface area is 94.7 Å². The molecule has 16 heavy (non-hydrogen) atoms. The van der Waals surface area contributed by atoms with Gasteiger partial charge in [0.05, 0.1) is 6.07 Å². The van der Waals surface area contributed by atoms with Crippen LogP contribution < -0.4 is 0 Å². The standard InChI is InChI=1S/C12H14N2O2/c13-9-5-4-8-12(10-14(15)16)11-6-2-1-3-7-11/h1-3,6-7,12H,4-5,8,10H2. The average Bonchev–Trinajstić information content (AvgIpc) is 2.29. The van der Waals surface area contributed by atoms with Gasteiger partial charge in [0.2, 0.25) is 6.54 Å². The van der Waals surface area contributed by atoms with Gasteiger partial charge in [-0.2, -0.15) is 5.26 Å². The lowest BCUT2D eigenvalue weighted by atomic mass is 9.94. The summed E-state index contributed by atoms with van der Waals surface area (Å²) in [7, 11) is 0. The van der Waals surface area contributed by atoms with Crippen LogP contribution in [0.3, 0.4) is 0 Å². The number of hydrogen-bond donors (Lipinski definition) is 0. The van der Waals surface area contributed by atoms with Gasteiger partial charge < -0.3 is 0 Å². The zero-order valence-electron chi connectivity index (χ0n) is 9.00. The quantitative estimate of drug-likeness (QED) is 0.419. The molecule has 0 saturated carbocycles. The van der Waals surface area contributed by atoms with E-state index in [0.717, 1.165) is 5.56 Å². The van der Waals surface area contributed by atoms with Gasteiger partial charge in [-0.1, -0.05) is 30.3 Å². The molecule has 4 nitrogen and oxygen atoms in total. The number of benzene rings is 1. The summed E-state index contributed by atoms with van der Waals surface area (Å²) in [6, 6.07) is 11.5. The minimum absolute atomic E-state index is 0.0601. The lowest BCUT2D eigenvalue weighted by molar-refractivity contribution is -0.483. The van der Waals surface area contributed by atoms with Gasteiger partial charge in [0.25, 0.3) is 0 Å². The molecular formula is C12H14N2O2. The van der Waals surface area contributed by atoms with Crippen LogP contribution in [0.25, 0.3) is 0 Å². The minimum Gasteiger partial charge on any atom is -0.265 e. The van der Waals surface area contributed by atoms with Crippen LogP contribution >= 0.6 is 0 Å². The number of unbranched alkanes of at least 4 members (excludes halogenated alkanes) is 1. The summed E-state index contributed by atoms with van der Waals surface area (Å²) < 4.78 is 0. The van der Waals surface area contributed by atoms with Gasteiger partial charge in [0.1, 0.15) is 0 Å². The van der Waals surface area contributed by atoms with Crippen molar-refractivity contribution in [2.75, 3.05) is 6.54 Å². The Balaban J connectivity index is 2.64. The van der Waals surface area contributed by atoms with Crippen LogP contribution in [0.4, 0.5) is 0 Å². The van der Waals surface area contributed by atoms with E-state index < -0.39 is 0 Å². The van der Waals surface area contributed by atoms with E-state index >= 15 is 0 Å². The molecule has 0 aliphatic carbocycles. The lowest BCUT2D eigenvalue weighted by Crippen LogP contribution is -2.12. The third kappa shape index (κ3) is 4.09. The zero-order valence-corrected chi connectivity index (χ0v) is 9.00. The molecule has 0 fully saturated rings. The van der Waals surface area contributed by atoms with Crippen molar-refractivity contribution in [3.05, 3.63) is 46.0 Å². The summed E-state index contributed by atoms with van der Waals surface area (Å²) in [4.78, 5) is 10.3. The molecule has 84 valence electrons. The molecule has 0 N–H and O–H groups in total. The van der Waals surface area contributed by atoms with E-state index in [4.69, 9.17) is 5.26 Å². The first-order valence-corrected chi connectivity index (χ1v) is 5.27. The van der Waals surface area contributed by atoms with E-state index in [-0.39, 0.29) is 17.4 Å². The molecular weight excluding hydrogens is 204 g/mol. The van der Waals surface area contributed by atoms with Crippen LogP contribution in [0.5, 0.6) is 0 Å². The Morgan fingerprint density at radius 3 is 2.62 bits per heavy atom. The highest BCUT2D eigenvalue weighted by Crippen LogP contribution is 2.21. The van der Waals surface area contributed by atoms with Crippen LogP contribution in [0.1, 0.15) is 30.7 Å². The topological polar surface area (TPSA) is 66.9 Å². The largest absolute Gasteiger partial charge is 0.265 e. The van der Waals surface area contributed by atoms with Crippen molar-refractivity contribution in [2.45, 2.75) is 25.2 Å². The van der Waals surface area contributed by atoms with Gasteiger partial charge in [0.15, 0.2) is 0 Å². The van der Waals surface area contributed by atoms with Crippen LogP contribution in [-0.4, -0.2) is 11.5 Å². The molecule has 1 unspecified atom stereocenters. The normalized spacial score (nSPS) is 11.7. The van der Waals surface area contributed by atoms with Crippen molar-refractivity contribution in [3.63, 3.8) is 0 Å². The molecule has 0 amide bonds. The summed E-state index contributed by atoms with van der Waals surface area (Å²) in [5, 5.41) is 19.0. The molecule has 1 aromatic rings. The average molecular weight is 218 g/mol. The summed E-state index contributed by atoms with van der Waals surface area (Å²) in [5.74, 6) is -0.0791. The molecule has 0 radical (unpaired) electrons. The Hall–Kier alpha value is -1.89. The predicted octanol–water partition coefficient (Wildman–Crippen LogP) is 2.74. The van der Waals surface area contributed by atoms with Crippen molar-refractivity contribution in [1.29, 1.82) is 5.26 Å². The molecule has 1 atom stereocenters. The second kappa shape index (κ2) is 6.57. The van der Waals surface area contributed by atoms with Crippen LogP contribution in [-0.2, 0) is 0 Å². The number of nitro groups is 1. The molecule has 4 heteroatoms. The fourth-order valence-corrected chi connectivity index (χ4v) is 1.70. The summed E-state index contributed by atoms with van der Waals surface area (Å²) in [6.07, 6.45) is 1.86. The van der Waals surface area contributed by atoms with Gasteiger partial charge in [-0.15, -0.1) is 0 Å². The van der Waals surface area contributed by atoms with Crippen molar-refractivity contribution in [3.8, 4) is 6.07 Å². The van der Waals surface area contributed by atoms with E-state index in [1.165, 1.54) is 0 Å². The fourth-order valence-electron chi connectivity index (χ4n) is 1.70. The zero-order chi connectivity index (χ0) is 11.8. The van der Waals surface area contributed by atoms with E-state index in [0.29, 0.717) is 19.3 Å². The smallest absolute Gasteiger partial charge is 0.210 e. The molecule has 0 aromatic heterocycles. The van der Waals surface area contributed by atoms with Crippen molar-refractivity contribution < 1.29 is 4.92 Å². The SMILES string of the molecule is N#CCCCC(C[N+](=O)[O-])c1ccccc1. The number of nitrogens with zero attached hydrogens (tertiary/aromatic N) is 2. The highest BCUT2D eigenvalue weighted by Gasteiger charge is 2.16.